The SMILES string of the molecule is Fc1cccc(C(CCl)Cc2ccc3c(c2)CCC3)c1. The van der Waals surface area contributed by atoms with Crippen molar-refractivity contribution < 1.29 is 4.39 Å². The van der Waals surface area contributed by atoms with Crippen LogP contribution in [0.2, 0.25) is 0 Å². The summed E-state index contributed by atoms with van der Waals surface area (Å²) in [5.41, 5.74) is 5.26. The van der Waals surface area contributed by atoms with E-state index in [0.29, 0.717) is 5.88 Å². The molecule has 2 aromatic rings. The second-order valence-electron chi connectivity index (χ2n) is 5.57. The lowest BCUT2D eigenvalue weighted by atomic mass is 9.92. The molecule has 0 saturated carbocycles. The standard InChI is InChI=1S/C18H18ClF/c19-12-17(16-5-2-6-18(20)11-16)10-13-7-8-14-3-1-4-15(14)9-13/h2,5-9,11,17H,1,3-4,10,12H2. The largest absolute Gasteiger partial charge is 0.207 e. The third-order valence-corrected chi connectivity index (χ3v) is 4.52. The molecule has 0 bridgehead atoms. The van der Waals surface area contributed by atoms with Crippen molar-refractivity contribution in [2.24, 2.45) is 0 Å². The predicted molar refractivity (Wildman–Crippen MR) is 82.0 cm³/mol. The van der Waals surface area contributed by atoms with Crippen LogP contribution in [-0.2, 0) is 19.3 Å². The summed E-state index contributed by atoms with van der Waals surface area (Å²) in [7, 11) is 0. The molecule has 3 rings (SSSR count). The molecule has 0 heterocycles. The van der Waals surface area contributed by atoms with Gasteiger partial charge in [0.1, 0.15) is 5.82 Å². The van der Waals surface area contributed by atoms with Crippen LogP contribution in [0.4, 0.5) is 4.39 Å². The quantitative estimate of drug-likeness (QED) is 0.704. The molecule has 0 spiro atoms. The zero-order valence-corrected chi connectivity index (χ0v) is 12.2. The molecule has 1 unspecified atom stereocenters. The molecular weight excluding hydrogens is 271 g/mol. The number of benzene rings is 2. The van der Waals surface area contributed by atoms with E-state index in [-0.39, 0.29) is 11.7 Å². The van der Waals surface area contributed by atoms with Gasteiger partial charge in [0.25, 0.3) is 0 Å². The number of hydrogen-bond donors (Lipinski definition) is 0. The Morgan fingerprint density at radius 2 is 1.90 bits per heavy atom. The van der Waals surface area contributed by atoms with Crippen molar-refractivity contribution in [2.45, 2.75) is 31.6 Å². The van der Waals surface area contributed by atoms with Crippen molar-refractivity contribution in [2.75, 3.05) is 5.88 Å². The van der Waals surface area contributed by atoms with E-state index in [9.17, 15) is 4.39 Å². The van der Waals surface area contributed by atoms with Gasteiger partial charge in [0, 0.05) is 11.8 Å². The normalized spacial score (nSPS) is 15.1. The first-order valence-corrected chi connectivity index (χ1v) is 7.72. The lowest BCUT2D eigenvalue weighted by Crippen LogP contribution is -2.05. The molecule has 0 fully saturated rings. The van der Waals surface area contributed by atoms with E-state index < -0.39 is 0 Å². The van der Waals surface area contributed by atoms with Crippen molar-refractivity contribution in [1.29, 1.82) is 0 Å². The molecule has 0 radical (unpaired) electrons. The van der Waals surface area contributed by atoms with Gasteiger partial charge in [-0.15, -0.1) is 11.6 Å². The van der Waals surface area contributed by atoms with Crippen LogP contribution in [-0.4, -0.2) is 5.88 Å². The zero-order valence-electron chi connectivity index (χ0n) is 11.4. The minimum absolute atomic E-state index is 0.173. The first-order chi connectivity index (χ1) is 9.76. The number of alkyl halides is 1. The smallest absolute Gasteiger partial charge is 0.123 e. The molecule has 0 saturated heterocycles. The first kappa shape index (κ1) is 13.6. The molecule has 1 aliphatic rings. The van der Waals surface area contributed by atoms with Crippen LogP contribution in [0.3, 0.4) is 0 Å². The Balaban J connectivity index is 1.81. The van der Waals surface area contributed by atoms with Crippen molar-refractivity contribution in [3.05, 3.63) is 70.5 Å². The van der Waals surface area contributed by atoms with Gasteiger partial charge < -0.3 is 0 Å². The van der Waals surface area contributed by atoms with Gasteiger partial charge in [0.2, 0.25) is 0 Å². The topological polar surface area (TPSA) is 0 Å². The predicted octanol–water partition coefficient (Wildman–Crippen LogP) is 4.88. The Morgan fingerprint density at radius 1 is 1.05 bits per heavy atom. The van der Waals surface area contributed by atoms with Crippen molar-refractivity contribution >= 4 is 11.6 Å². The van der Waals surface area contributed by atoms with E-state index in [4.69, 9.17) is 11.6 Å². The number of aryl methyl sites for hydroxylation is 2. The van der Waals surface area contributed by atoms with Gasteiger partial charge >= 0.3 is 0 Å². The highest BCUT2D eigenvalue weighted by atomic mass is 35.5. The van der Waals surface area contributed by atoms with Crippen LogP contribution in [0.1, 0.15) is 34.6 Å². The van der Waals surface area contributed by atoms with Gasteiger partial charge in [-0.2, -0.15) is 0 Å². The van der Waals surface area contributed by atoms with Crippen LogP contribution in [0.5, 0.6) is 0 Å². The van der Waals surface area contributed by atoms with Crippen molar-refractivity contribution in [3.8, 4) is 0 Å². The van der Waals surface area contributed by atoms with Crippen LogP contribution >= 0.6 is 11.6 Å². The van der Waals surface area contributed by atoms with E-state index in [1.807, 2.05) is 6.07 Å². The maximum absolute atomic E-state index is 13.3. The number of rotatable bonds is 4. The highest BCUT2D eigenvalue weighted by Gasteiger charge is 2.15. The Kier molecular flexibility index (Phi) is 4.07. The number of fused-ring (bicyclic) bond motifs is 1. The summed E-state index contributed by atoms with van der Waals surface area (Å²) >= 11 is 6.10. The molecule has 20 heavy (non-hydrogen) atoms. The summed E-state index contributed by atoms with van der Waals surface area (Å²) in [5.74, 6) is 0.499. The van der Waals surface area contributed by atoms with E-state index in [0.717, 1.165) is 12.0 Å². The fourth-order valence-corrected chi connectivity index (χ4v) is 3.35. The number of hydrogen-bond acceptors (Lipinski definition) is 0. The summed E-state index contributed by atoms with van der Waals surface area (Å²) in [4.78, 5) is 0. The minimum Gasteiger partial charge on any atom is -0.207 e. The fourth-order valence-electron chi connectivity index (χ4n) is 3.06. The third-order valence-electron chi connectivity index (χ3n) is 4.15. The molecule has 1 atom stereocenters. The van der Waals surface area contributed by atoms with Crippen LogP contribution in [0.15, 0.2) is 42.5 Å². The maximum atomic E-state index is 13.3. The molecule has 0 N–H and O–H groups in total. The summed E-state index contributed by atoms with van der Waals surface area (Å²) in [5, 5.41) is 0. The Morgan fingerprint density at radius 3 is 2.70 bits per heavy atom. The fraction of sp³-hybridized carbons (Fsp3) is 0.333. The van der Waals surface area contributed by atoms with E-state index in [1.54, 1.807) is 12.1 Å². The van der Waals surface area contributed by atoms with E-state index >= 15 is 0 Å². The molecule has 0 aliphatic heterocycles. The van der Waals surface area contributed by atoms with Crippen molar-refractivity contribution in [3.63, 3.8) is 0 Å². The minimum atomic E-state index is -0.188. The highest BCUT2D eigenvalue weighted by Crippen LogP contribution is 2.27. The first-order valence-electron chi connectivity index (χ1n) is 7.18. The zero-order chi connectivity index (χ0) is 13.9. The molecular formula is C18H18ClF. The van der Waals surface area contributed by atoms with Crippen LogP contribution < -0.4 is 0 Å². The molecule has 2 aromatic carbocycles. The molecule has 0 amide bonds. The average molecular weight is 289 g/mol. The molecule has 2 heteroatoms. The molecule has 104 valence electrons. The summed E-state index contributed by atoms with van der Waals surface area (Å²) in [6, 6.07) is 13.5. The van der Waals surface area contributed by atoms with E-state index in [2.05, 4.69) is 18.2 Å². The lowest BCUT2D eigenvalue weighted by Gasteiger charge is -2.15. The second-order valence-corrected chi connectivity index (χ2v) is 5.88. The third kappa shape index (κ3) is 2.88. The highest BCUT2D eigenvalue weighted by molar-refractivity contribution is 6.18. The van der Waals surface area contributed by atoms with Gasteiger partial charge in [0.05, 0.1) is 0 Å². The Hall–Kier alpha value is -1.34. The van der Waals surface area contributed by atoms with Gasteiger partial charge in [-0.05, 0) is 60.1 Å². The van der Waals surface area contributed by atoms with E-state index in [1.165, 1.54) is 42.0 Å². The van der Waals surface area contributed by atoms with Gasteiger partial charge in [-0.25, -0.2) is 4.39 Å². The monoisotopic (exact) mass is 288 g/mol. The maximum Gasteiger partial charge on any atom is 0.123 e. The molecule has 0 aromatic heterocycles. The van der Waals surface area contributed by atoms with Gasteiger partial charge in [0.15, 0.2) is 0 Å². The van der Waals surface area contributed by atoms with Crippen molar-refractivity contribution in [1.82, 2.24) is 0 Å². The Labute approximate surface area is 124 Å². The second kappa shape index (κ2) is 5.97. The molecule has 1 aliphatic carbocycles. The van der Waals surface area contributed by atoms with Gasteiger partial charge in [-0.1, -0.05) is 30.3 Å². The van der Waals surface area contributed by atoms with Crippen LogP contribution in [0.25, 0.3) is 0 Å². The summed E-state index contributed by atoms with van der Waals surface area (Å²) in [6.07, 6.45) is 4.54. The summed E-state index contributed by atoms with van der Waals surface area (Å²) in [6.45, 7) is 0. The molecule has 0 nitrogen and oxygen atoms in total. The lowest BCUT2D eigenvalue weighted by molar-refractivity contribution is 0.621. The Bertz CT molecular complexity index is 606. The average Bonchev–Trinajstić information content (AvgIpc) is 2.92. The summed E-state index contributed by atoms with van der Waals surface area (Å²) < 4.78 is 13.3. The number of halogens is 2. The van der Waals surface area contributed by atoms with Gasteiger partial charge in [-0.3, -0.25) is 0 Å². The van der Waals surface area contributed by atoms with Crippen LogP contribution in [0, 0.1) is 5.82 Å².